The molecule has 0 aromatic heterocycles. The van der Waals surface area contributed by atoms with Gasteiger partial charge in [-0.25, -0.2) is 0 Å². The van der Waals surface area contributed by atoms with Crippen LogP contribution in [0.1, 0.15) is 460 Å². The number of allylic oxidation sites excluding steroid dienone is 14. The fraction of sp³-hybridized carbons (Fsp3) is 0.831. The van der Waals surface area contributed by atoms with Crippen molar-refractivity contribution in [3.8, 4) is 0 Å². The molecule has 0 heteroatoms. The molecule has 0 N–H and O–H groups in total. The standard InChI is InChI=1S/C25H42.2C24H40.C23H38.C22H36.15H2/c1-3-5-7-21-10-14-23(15-11-21)25-18-16-24(17-19-25)22-12-8-20(6-4-2)9-13-22;1-3-5-6-20-9-13-22(14-10-20)24-17-15-23(16-18-24)21-11-7-19(4-2)8-12-21;1-3-5-19-7-11-21(12-8-19)23-15-17-24(18-16-23)22-13-9-20(6-4-2)10-14-22;1-3-5-19-8-12-21(13-9-19)23-16-14-22(15-17-23)20-10-6-18(4-2)7-11-20;1-3-17-5-9-19(10-6-17)21-13-15-22(16-14-21)20-11-7-18(4-2)8-12-20;;;;;;;;;;;;;;;/h3-4,6,20-25H,1,5,7-19H2,2H3;3-4,19-24H,1-2,5-18H2;3-6,19-24H,7-18H2,1-2H3;3-5,18-23H,2,6-17H2,1H3;3-4,17-22H,1-2,5-16H2;15*1H/b6-4+;;5-3+,6-4+;5-3+;;;;;;;;;;;;;;;;. The van der Waals surface area contributed by atoms with Crippen molar-refractivity contribution in [2.24, 2.45) is 178 Å². The van der Waals surface area contributed by atoms with Crippen molar-refractivity contribution < 1.29 is 21.4 Å². The molecule has 0 atom stereocenters. The summed E-state index contributed by atoms with van der Waals surface area (Å²) in [6, 6.07) is 0. The molecule has 0 saturated heterocycles. The first-order valence-electron chi connectivity index (χ1n) is 54.2. The van der Waals surface area contributed by atoms with E-state index in [2.05, 4.69) is 152 Å². The number of hydrogen-bond acceptors (Lipinski definition) is 0. The molecule has 15 rings (SSSR count). The Hall–Kier alpha value is -2.60. The van der Waals surface area contributed by atoms with Gasteiger partial charge in [-0.3, -0.25) is 0 Å². The highest BCUT2D eigenvalue weighted by atomic mass is 14.5. The zero-order valence-corrected chi connectivity index (χ0v) is 78.9. The Morgan fingerprint density at radius 3 is 0.381 bits per heavy atom. The lowest BCUT2D eigenvalue weighted by Crippen LogP contribution is -2.29. The van der Waals surface area contributed by atoms with Crippen LogP contribution in [-0.2, 0) is 0 Å². The van der Waals surface area contributed by atoms with E-state index in [1.807, 2.05) is 0 Å². The predicted octanol–water partition coefficient (Wildman–Crippen LogP) is 40.7. The Labute approximate surface area is 758 Å². The first-order chi connectivity index (χ1) is 58.0. The topological polar surface area (TPSA) is 0 Å². The molecule has 15 fully saturated rings. The zero-order chi connectivity index (χ0) is 82.5. The van der Waals surface area contributed by atoms with E-state index < -0.39 is 0 Å². The average molecular weight is 1650 g/mol. The monoisotopic (exact) mass is 1640 g/mol. The lowest BCUT2D eigenvalue weighted by molar-refractivity contribution is 0.107. The van der Waals surface area contributed by atoms with Gasteiger partial charge < -0.3 is 0 Å². The van der Waals surface area contributed by atoms with Gasteiger partial charge in [0, 0.05) is 21.4 Å². The molecule has 698 valence electrons. The minimum Gasteiger partial charge on any atom is -0.103 e. The van der Waals surface area contributed by atoms with Gasteiger partial charge in [-0.05, 0) is 590 Å². The number of rotatable bonds is 24. The third-order valence-electron chi connectivity index (χ3n) is 38.8. The molecule has 0 nitrogen and oxygen atoms in total. The molecule has 0 aliphatic heterocycles. The lowest BCUT2D eigenvalue weighted by atomic mass is 9.65. The van der Waals surface area contributed by atoms with Crippen molar-refractivity contribution >= 4 is 0 Å². The lowest BCUT2D eigenvalue weighted by Gasteiger charge is -2.41. The van der Waals surface area contributed by atoms with Gasteiger partial charge in [0.1, 0.15) is 0 Å². The molecule has 0 amide bonds. The van der Waals surface area contributed by atoms with Crippen LogP contribution in [0.2, 0.25) is 0 Å². The predicted molar refractivity (Wildman–Crippen MR) is 552 cm³/mol. The van der Waals surface area contributed by atoms with Gasteiger partial charge in [0.2, 0.25) is 0 Å². The molecule has 0 unspecified atom stereocenters. The summed E-state index contributed by atoms with van der Waals surface area (Å²) in [4.78, 5) is 0. The van der Waals surface area contributed by atoms with E-state index >= 15 is 0 Å². The summed E-state index contributed by atoms with van der Waals surface area (Å²) in [6.07, 6.45) is 127. The first kappa shape index (κ1) is 96.0. The normalized spacial score (nSPS) is 41.8. The van der Waals surface area contributed by atoms with Gasteiger partial charge in [-0.1, -0.05) is 111 Å². The van der Waals surface area contributed by atoms with E-state index in [4.69, 9.17) is 0 Å². The highest BCUT2D eigenvalue weighted by molar-refractivity contribution is 5.00. The van der Waals surface area contributed by atoms with E-state index in [0.717, 1.165) is 178 Å². The van der Waals surface area contributed by atoms with Crippen LogP contribution in [0.4, 0.5) is 0 Å². The van der Waals surface area contributed by atoms with Crippen LogP contribution in [0.5, 0.6) is 0 Å². The van der Waals surface area contributed by atoms with E-state index in [0.29, 0.717) is 0 Å². The Bertz CT molecular complexity index is 2760. The summed E-state index contributed by atoms with van der Waals surface area (Å²) in [6.45, 7) is 32.5. The Kier molecular flexibility index (Phi) is 43.8. The molecule has 0 aromatic rings. The summed E-state index contributed by atoms with van der Waals surface area (Å²) in [5, 5.41) is 0. The fourth-order valence-corrected chi connectivity index (χ4v) is 30.8. The van der Waals surface area contributed by atoms with Crippen LogP contribution >= 0.6 is 0 Å². The first-order valence-corrected chi connectivity index (χ1v) is 54.2. The molecule has 118 heavy (non-hydrogen) atoms. The minimum atomic E-state index is 0. The molecule has 0 aromatic carbocycles. The second kappa shape index (κ2) is 53.8. The third kappa shape index (κ3) is 30.9. The van der Waals surface area contributed by atoms with Crippen LogP contribution < -0.4 is 0 Å². The molecule has 0 bridgehead atoms. The van der Waals surface area contributed by atoms with Crippen molar-refractivity contribution in [2.75, 3.05) is 0 Å². The van der Waals surface area contributed by atoms with E-state index in [1.54, 1.807) is 103 Å². The van der Waals surface area contributed by atoms with Crippen molar-refractivity contribution in [1.29, 1.82) is 0 Å². The maximum Gasteiger partial charge on any atom is 0 e. The van der Waals surface area contributed by atoms with Gasteiger partial charge in [-0.15, -0.1) is 39.5 Å². The molecular weight excluding hydrogens is 1420 g/mol. The van der Waals surface area contributed by atoms with Gasteiger partial charge >= 0.3 is 0 Å². The molecule has 0 spiro atoms. The Morgan fingerprint density at radius 2 is 0.271 bits per heavy atom. The van der Waals surface area contributed by atoms with Crippen molar-refractivity contribution in [3.05, 3.63) is 125 Å². The van der Waals surface area contributed by atoms with Crippen LogP contribution in [0.15, 0.2) is 125 Å². The largest absolute Gasteiger partial charge is 0.103 e. The van der Waals surface area contributed by atoms with Crippen molar-refractivity contribution in [3.63, 3.8) is 0 Å². The number of hydrogen-bond donors (Lipinski definition) is 0. The summed E-state index contributed by atoms with van der Waals surface area (Å²) in [5.41, 5.74) is 0. The van der Waals surface area contributed by atoms with Crippen LogP contribution in [0, 0.1) is 178 Å². The van der Waals surface area contributed by atoms with Gasteiger partial charge in [0.15, 0.2) is 0 Å². The smallest absolute Gasteiger partial charge is 0 e. The average Bonchev–Trinajstić information content (AvgIpc) is 0.848. The molecule has 15 saturated carbocycles. The maximum atomic E-state index is 4.00. The highest BCUT2D eigenvalue weighted by Crippen LogP contribution is 2.53. The molecule has 15 aliphatic rings. The van der Waals surface area contributed by atoms with Crippen LogP contribution in [-0.4, -0.2) is 0 Å². The molecule has 15 aliphatic carbocycles. The second-order valence-corrected chi connectivity index (χ2v) is 45.1. The fourth-order valence-electron chi connectivity index (χ4n) is 30.8. The van der Waals surface area contributed by atoms with Gasteiger partial charge in [-0.2, -0.15) is 0 Å². The van der Waals surface area contributed by atoms with Crippen molar-refractivity contribution in [1.82, 2.24) is 0 Å². The van der Waals surface area contributed by atoms with Crippen LogP contribution in [0.25, 0.3) is 0 Å². The highest BCUT2D eigenvalue weighted by Gasteiger charge is 2.41. The zero-order valence-electron chi connectivity index (χ0n) is 78.9. The molecular formula is C118H226. The Balaban J connectivity index is -0.000000499. The van der Waals surface area contributed by atoms with E-state index in [1.165, 1.54) is 308 Å². The summed E-state index contributed by atoms with van der Waals surface area (Å²) in [5.74, 6) is 30.2. The summed E-state index contributed by atoms with van der Waals surface area (Å²) < 4.78 is 0. The minimum absolute atomic E-state index is 0. The van der Waals surface area contributed by atoms with Gasteiger partial charge in [0.25, 0.3) is 0 Å². The summed E-state index contributed by atoms with van der Waals surface area (Å²) in [7, 11) is 0. The van der Waals surface area contributed by atoms with Crippen molar-refractivity contribution in [2.45, 2.75) is 439 Å². The molecule has 0 heterocycles. The van der Waals surface area contributed by atoms with E-state index in [9.17, 15) is 0 Å². The maximum absolute atomic E-state index is 4.00. The Morgan fingerprint density at radius 1 is 0.161 bits per heavy atom. The quantitative estimate of drug-likeness (QED) is 0.0845. The molecule has 0 radical (unpaired) electrons. The summed E-state index contributed by atoms with van der Waals surface area (Å²) >= 11 is 0. The van der Waals surface area contributed by atoms with E-state index in [-0.39, 0.29) is 21.4 Å². The second-order valence-electron chi connectivity index (χ2n) is 45.1. The van der Waals surface area contributed by atoms with Crippen LogP contribution in [0.3, 0.4) is 0 Å². The SMILES string of the molecule is C/C=C/C1CCC(C2CCC(C3CCC(/C=C/C)CC3)CC2)CC1.C=CC1CCC(C2CCC(C3CCC(/C=C/C)CC3)CC2)CC1.C=CC1CCC(C2CCC(C3CCC(C=C)CC3)CC2)CC1.C=CCCC1CCC(C2CCC(C3CCC(/C=C/C)CC3)CC2)CC1.C=CCCC1CCC(C2CCC(C3CCC(C=C)CC3)CC2)CC1.[HH].[HH].[HH].[HH].[HH].[HH].[HH].[HH].[HH].[HH].[HH].[HH].[HH].[HH].[HH]. The van der Waals surface area contributed by atoms with Gasteiger partial charge in [0.05, 0.1) is 0 Å². The third-order valence-corrected chi connectivity index (χ3v) is 38.8.